The van der Waals surface area contributed by atoms with Crippen LogP contribution in [-0.2, 0) is 14.8 Å². The quantitative estimate of drug-likeness (QED) is 0.704. The lowest BCUT2D eigenvalue weighted by molar-refractivity contribution is -0.122. The van der Waals surface area contributed by atoms with Crippen LogP contribution in [0.2, 0.25) is 0 Å². The molecular formula is C21H33N3O4S. The average Bonchev–Trinajstić information content (AvgIpc) is 2.67. The first-order valence-corrected chi connectivity index (χ1v) is 11.7. The SMILES string of the molecule is CCCNC(=O)[C@@H](C)NC(=O)c1cc(C)c(C)c(S(=O)(=O)N2CCC(C)CC2)c1. The number of benzene rings is 1. The molecule has 0 radical (unpaired) electrons. The van der Waals surface area contributed by atoms with Crippen molar-refractivity contribution >= 4 is 21.8 Å². The first kappa shape index (κ1) is 23.3. The summed E-state index contributed by atoms with van der Waals surface area (Å²) in [5.74, 6) is -0.211. The van der Waals surface area contributed by atoms with Gasteiger partial charge in [0.05, 0.1) is 4.90 Å². The van der Waals surface area contributed by atoms with Crippen molar-refractivity contribution in [2.24, 2.45) is 5.92 Å². The zero-order valence-corrected chi connectivity index (χ0v) is 18.9. The molecule has 1 saturated heterocycles. The molecule has 7 nitrogen and oxygen atoms in total. The van der Waals surface area contributed by atoms with E-state index in [1.807, 2.05) is 6.92 Å². The van der Waals surface area contributed by atoms with Gasteiger partial charge in [-0.05, 0) is 69.2 Å². The van der Waals surface area contributed by atoms with Crippen molar-refractivity contribution in [3.8, 4) is 0 Å². The third kappa shape index (κ3) is 5.57. The molecule has 1 fully saturated rings. The minimum atomic E-state index is -3.68. The van der Waals surface area contributed by atoms with E-state index in [9.17, 15) is 18.0 Å². The van der Waals surface area contributed by atoms with Gasteiger partial charge in [0.25, 0.3) is 5.91 Å². The van der Waals surface area contributed by atoms with E-state index >= 15 is 0 Å². The van der Waals surface area contributed by atoms with E-state index in [-0.39, 0.29) is 16.4 Å². The van der Waals surface area contributed by atoms with Crippen LogP contribution in [0.1, 0.15) is 61.5 Å². The number of hydrogen-bond acceptors (Lipinski definition) is 4. The lowest BCUT2D eigenvalue weighted by atomic mass is 10.0. The van der Waals surface area contributed by atoms with Gasteiger partial charge in [-0.2, -0.15) is 4.31 Å². The maximum absolute atomic E-state index is 13.2. The van der Waals surface area contributed by atoms with Crippen molar-refractivity contribution in [2.75, 3.05) is 19.6 Å². The summed E-state index contributed by atoms with van der Waals surface area (Å²) in [7, 11) is -3.68. The molecule has 162 valence electrons. The summed E-state index contributed by atoms with van der Waals surface area (Å²) >= 11 is 0. The molecule has 0 spiro atoms. The summed E-state index contributed by atoms with van der Waals surface area (Å²) in [6, 6.07) is 2.39. The number of sulfonamides is 1. The van der Waals surface area contributed by atoms with E-state index in [1.54, 1.807) is 26.8 Å². The highest BCUT2D eigenvalue weighted by Gasteiger charge is 2.30. The van der Waals surface area contributed by atoms with Gasteiger partial charge in [-0.15, -0.1) is 0 Å². The van der Waals surface area contributed by atoms with Gasteiger partial charge >= 0.3 is 0 Å². The highest BCUT2D eigenvalue weighted by molar-refractivity contribution is 7.89. The second-order valence-corrected chi connectivity index (χ2v) is 9.90. The predicted octanol–water partition coefficient (Wildman–Crippen LogP) is 2.37. The summed E-state index contributed by atoms with van der Waals surface area (Å²) in [5.41, 5.74) is 1.62. The molecule has 0 bridgehead atoms. The van der Waals surface area contributed by atoms with Crippen LogP contribution >= 0.6 is 0 Å². The Morgan fingerprint density at radius 3 is 2.41 bits per heavy atom. The van der Waals surface area contributed by atoms with Crippen LogP contribution in [0.3, 0.4) is 0 Å². The van der Waals surface area contributed by atoms with Gasteiger partial charge < -0.3 is 10.6 Å². The van der Waals surface area contributed by atoms with E-state index in [4.69, 9.17) is 0 Å². The van der Waals surface area contributed by atoms with Gasteiger partial charge in [-0.1, -0.05) is 13.8 Å². The minimum Gasteiger partial charge on any atom is -0.354 e. The molecule has 0 aliphatic carbocycles. The van der Waals surface area contributed by atoms with Gasteiger partial charge in [0, 0.05) is 25.2 Å². The second-order valence-electron chi connectivity index (χ2n) is 7.99. The van der Waals surface area contributed by atoms with Crippen LogP contribution in [0.25, 0.3) is 0 Å². The Labute approximate surface area is 174 Å². The molecule has 1 aromatic carbocycles. The first-order chi connectivity index (χ1) is 13.6. The second kappa shape index (κ2) is 9.71. The molecule has 1 atom stereocenters. The number of hydrogen-bond donors (Lipinski definition) is 2. The Morgan fingerprint density at radius 2 is 1.83 bits per heavy atom. The van der Waals surface area contributed by atoms with Crippen LogP contribution in [0, 0.1) is 19.8 Å². The standard InChI is InChI=1S/C21H33N3O4S/c1-6-9-22-20(25)17(5)23-21(26)18-12-15(3)16(4)19(13-18)29(27,28)24-10-7-14(2)8-11-24/h12-14,17H,6-11H2,1-5H3,(H,22,25)(H,23,26)/t17-/m1/s1. The van der Waals surface area contributed by atoms with Crippen molar-refractivity contribution in [3.05, 3.63) is 28.8 Å². The lowest BCUT2D eigenvalue weighted by Gasteiger charge is -2.30. The molecular weight excluding hydrogens is 390 g/mol. The summed E-state index contributed by atoms with van der Waals surface area (Å²) < 4.78 is 28.0. The number of aryl methyl sites for hydroxylation is 1. The van der Waals surface area contributed by atoms with Crippen molar-refractivity contribution < 1.29 is 18.0 Å². The highest BCUT2D eigenvalue weighted by Crippen LogP contribution is 2.28. The molecule has 8 heteroatoms. The topological polar surface area (TPSA) is 95.6 Å². The molecule has 0 aromatic heterocycles. The van der Waals surface area contributed by atoms with Crippen LogP contribution < -0.4 is 10.6 Å². The van der Waals surface area contributed by atoms with Crippen molar-refractivity contribution in [2.45, 2.75) is 64.8 Å². The van der Waals surface area contributed by atoms with E-state index in [1.165, 1.54) is 10.4 Å². The Kier molecular flexibility index (Phi) is 7.82. The molecule has 29 heavy (non-hydrogen) atoms. The highest BCUT2D eigenvalue weighted by atomic mass is 32.2. The van der Waals surface area contributed by atoms with Gasteiger partial charge in [0.1, 0.15) is 6.04 Å². The van der Waals surface area contributed by atoms with E-state index in [2.05, 4.69) is 17.6 Å². The molecule has 0 saturated carbocycles. The van der Waals surface area contributed by atoms with Gasteiger partial charge in [0.2, 0.25) is 15.9 Å². The largest absolute Gasteiger partial charge is 0.354 e. The molecule has 1 aromatic rings. The fourth-order valence-corrected chi connectivity index (χ4v) is 5.13. The Bertz CT molecular complexity index is 859. The Balaban J connectivity index is 2.26. The fourth-order valence-electron chi connectivity index (χ4n) is 3.34. The van der Waals surface area contributed by atoms with Crippen molar-refractivity contribution in [1.82, 2.24) is 14.9 Å². The maximum Gasteiger partial charge on any atom is 0.251 e. The third-order valence-electron chi connectivity index (χ3n) is 5.53. The van der Waals surface area contributed by atoms with E-state index in [0.717, 1.165) is 24.8 Å². The molecule has 1 aliphatic rings. The van der Waals surface area contributed by atoms with Gasteiger partial charge in [-0.3, -0.25) is 9.59 Å². The number of nitrogens with zero attached hydrogens (tertiary/aromatic N) is 1. The number of nitrogens with one attached hydrogen (secondary N) is 2. The van der Waals surface area contributed by atoms with Crippen molar-refractivity contribution in [1.29, 1.82) is 0 Å². The molecule has 2 rings (SSSR count). The number of carbonyl (C=O) groups is 2. The molecule has 2 N–H and O–H groups in total. The van der Waals surface area contributed by atoms with Crippen LogP contribution in [0.4, 0.5) is 0 Å². The molecule has 1 heterocycles. The smallest absolute Gasteiger partial charge is 0.251 e. The number of carbonyl (C=O) groups excluding carboxylic acids is 2. The first-order valence-electron chi connectivity index (χ1n) is 10.3. The predicted molar refractivity (Wildman–Crippen MR) is 113 cm³/mol. The van der Waals surface area contributed by atoms with Gasteiger partial charge in [0.15, 0.2) is 0 Å². The molecule has 0 unspecified atom stereocenters. The summed E-state index contributed by atoms with van der Waals surface area (Å²) in [5, 5.41) is 5.39. The maximum atomic E-state index is 13.2. The fraction of sp³-hybridized carbons (Fsp3) is 0.619. The number of rotatable bonds is 7. The zero-order chi connectivity index (χ0) is 21.8. The summed E-state index contributed by atoms with van der Waals surface area (Å²) in [4.78, 5) is 24.9. The molecule has 2 amide bonds. The van der Waals surface area contributed by atoms with Crippen LogP contribution in [0.5, 0.6) is 0 Å². The normalized spacial score (nSPS) is 17.0. The summed E-state index contributed by atoms with van der Waals surface area (Å²) in [6.07, 6.45) is 2.48. The third-order valence-corrected chi connectivity index (χ3v) is 7.56. The van der Waals surface area contributed by atoms with Gasteiger partial charge in [-0.25, -0.2) is 8.42 Å². The van der Waals surface area contributed by atoms with E-state index in [0.29, 0.717) is 31.1 Å². The van der Waals surface area contributed by atoms with E-state index < -0.39 is 22.0 Å². The Morgan fingerprint density at radius 1 is 1.21 bits per heavy atom. The number of amides is 2. The average molecular weight is 424 g/mol. The lowest BCUT2D eigenvalue weighted by Crippen LogP contribution is -2.45. The number of piperidine rings is 1. The van der Waals surface area contributed by atoms with Crippen molar-refractivity contribution in [3.63, 3.8) is 0 Å². The Hall–Kier alpha value is -1.93. The zero-order valence-electron chi connectivity index (χ0n) is 18.0. The summed E-state index contributed by atoms with van der Waals surface area (Å²) in [6.45, 7) is 10.8. The van der Waals surface area contributed by atoms with Crippen LogP contribution in [0.15, 0.2) is 17.0 Å². The minimum absolute atomic E-state index is 0.167. The molecule has 1 aliphatic heterocycles. The van der Waals surface area contributed by atoms with Crippen LogP contribution in [-0.4, -0.2) is 50.2 Å². The monoisotopic (exact) mass is 423 g/mol.